The molecule has 0 aliphatic carbocycles. The highest BCUT2D eigenvalue weighted by Crippen LogP contribution is 2.24. The molecule has 2 atom stereocenters. The first-order valence-electron chi connectivity index (χ1n) is 8.32. The number of nitrogens with one attached hydrogen (secondary N) is 1. The second kappa shape index (κ2) is 8.15. The van der Waals surface area contributed by atoms with Gasteiger partial charge in [0.25, 0.3) is 0 Å². The Morgan fingerprint density at radius 1 is 1.33 bits per heavy atom. The van der Waals surface area contributed by atoms with Crippen molar-refractivity contribution in [3.05, 3.63) is 29.8 Å². The van der Waals surface area contributed by atoms with Crippen molar-refractivity contribution in [3.63, 3.8) is 0 Å². The van der Waals surface area contributed by atoms with E-state index >= 15 is 0 Å². The van der Waals surface area contributed by atoms with Gasteiger partial charge in [0.2, 0.25) is 5.91 Å². The molecule has 24 heavy (non-hydrogen) atoms. The molecule has 1 fully saturated rings. The van der Waals surface area contributed by atoms with E-state index in [1.807, 2.05) is 38.1 Å². The highest BCUT2D eigenvalue weighted by Gasteiger charge is 2.32. The Labute approximate surface area is 142 Å². The molecule has 6 nitrogen and oxygen atoms in total. The van der Waals surface area contributed by atoms with Crippen molar-refractivity contribution in [2.75, 3.05) is 20.2 Å². The Bertz CT molecular complexity index is 571. The predicted octanol–water partition coefficient (Wildman–Crippen LogP) is 2.06. The van der Waals surface area contributed by atoms with Crippen LogP contribution in [0.5, 0.6) is 5.75 Å². The second-order valence-corrected chi connectivity index (χ2v) is 6.53. The highest BCUT2D eigenvalue weighted by molar-refractivity contribution is 5.80. The normalized spacial score (nSPS) is 19.2. The van der Waals surface area contributed by atoms with Crippen LogP contribution in [0.3, 0.4) is 0 Å². The summed E-state index contributed by atoms with van der Waals surface area (Å²) in [4.78, 5) is 25.4. The van der Waals surface area contributed by atoms with E-state index in [0.29, 0.717) is 13.0 Å². The minimum absolute atomic E-state index is 0.116. The molecule has 1 amide bonds. The van der Waals surface area contributed by atoms with Gasteiger partial charge in [0.15, 0.2) is 0 Å². The number of carboxylic acids is 1. The average molecular weight is 334 g/mol. The lowest BCUT2D eigenvalue weighted by molar-refractivity contribution is -0.142. The summed E-state index contributed by atoms with van der Waals surface area (Å²) in [6.07, 6.45) is 1.42. The van der Waals surface area contributed by atoms with Crippen molar-refractivity contribution in [2.24, 2.45) is 5.92 Å². The van der Waals surface area contributed by atoms with Crippen LogP contribution in [-0.2, 0) is 9.59 Å². The van der Waals surface area contributed by atoms with E-state index in [0.717, 1.165) is 17.7 Å². The maximum atomic E-state index is 12.4. The lowest BCUT2D eigenvalue weighted by Gasteiger charge is -2.26. The van der Waals surface area contributed by atoms with Crippen LogP contribution < -0.4 is 10.1 Å². The molecule has 1 aromatic rings. The lowest BCUT2D eigenvalue weighted by atomic mass is 9.96. The first kappa shape index (κ1) is 18.3. The zero-order chi connectivity index (χ0) is 17.7. The minimum atomic E-state index is -0.851. The van der Waals surface area contributed by atoms with E-state index in [1.165, 1.54) is 0 Å². The number of nitrogens with zero attached hydrogens (tertiary/aromatic N) is 1. The Hall–Kier alpha value is -2.08. The van der Waals surface area contributed by atoms with Crippen molar-refractivity contribution in [1.29, 1.82) is 0 Å². The van der Waals surface area contributed by atoms with Crippen LogP contribution in [0.4, 0.5) is 0 Å². The number of carbonyl (C=O) groups is 2. The first-order chi connectivity index (χ1) is 11.4. The molecule has 0 saturated carbocycles. The van der Waals surface area contributed by atoms with Crippen LogP contribution in [0.1, 0.15) is 38.3 Å². The third kappa shape index (κ3) is 4.47. The summed E-state index contributed by atoms with van der Waals surface area (Å²) in [5, 5.41) is 12.3. The van der Waals surface area contributed by atoms with Crippen LogP contribution in [0, 0.1) is 5.92 Å². The van der Waals surface area contributed by atoms with Gasteiger partial charge in [-0.2, -0.15) is 0 Å². The standard InChI is InChI=1S/C18H26N2O4/c1-12(2)17(13-6-8-14(24-3)9-7-13)19-16(21)11-20-10-4-5-15(20)18(22)23/h6-9,12,15,17H,4-5,10-11H2,1-3H3,(H,19,21)(H,22,23)/t15-,17?/m1/s1. The Morgan fingerprint density at radius 2 is 2.00 bits per heavy atom. The second-order valence-electron chi connectivity index (χ2n) is 6.53. The minimum Gasteiger partial charge on any atom is -0.497 e. The molecule has 1 saturated heterocycles. The van der Waals surface area contributed by atoms with E-state index < -0.39 is 12.0 Å². The summed E-state index contributed by atoms with van der Waals surface area (Å²) < 4.78 is 5.16. The third-order valence-corrected chi connectivity index (χ3v) is 4.45. The summed E-state index contributed by atoms with van der Waals surface area (Å²) in [6, 6.07) is 6.97. The molecule has 0 radical (unpaired) electrons. The van der Waals surface area contributed by atoms with Crippen molar-refractivity contribution in [1.82, 2.24) is 10.2 Å². The largest absolute Gasteiger partial charge is 0.497 e. The van der Waals surface area contributed by atoms with Gasteiger partial charge in [0.05, 0.1) is 19.7 Å². The van der Waals surface area contributed by atoms with Crippen molar-refractivity contribution < 1.29 is 19.4 Å². The number of rotatable bonds is 7. The number of hydrogen-bond acceptors (Lipinski definition) is 4. The van der Waals surface area contributed by atoms with E-state index in [1.54, 1.807) is 12.0 Å². The van der Waals surface area contributed by atoms with Crippen molar-refractivity contribution in [2.45, 2.75) is 38.8 Å². The van der Waals surface area contributed by atoms with Gasteiger partial charge >= 0.3 is 5.97 Å². The van der Waals surface area contributed by atoms with E-state index in [4.69, 9.17) is 4.74 Å². The Balaban J connectivity index is 2.01. The predicted molar refractivity (Wildman–Crippen MR) is 90.9 cm³/mol. The molecule has 2 N–H and O–H groups in total. The van der Waals surface area contributed by atoms with Gasteiger partial charge < -0.3 is 15.2 Å². The monoisotopic (exact) mass is 334 g/mol. The van der Waals surface area contributed by atoms with Crippen LogP contribution in [0.15, 0.2) is 24.3 Å². The van der Waals surface area contributed by atoms with E-state index in [9.17, 15) is 14.7 Å². The molecular formula is C18H26N2O4. The molecule has 1 aromatic carbocycles. The zero-order valence-corrected chi connectivity index (χ0v) is 14.5. The number of benzene rings is 1. The molecular weight excluding hydrogens is 308 g/mol. The van der Waals surface area contributed by atoms with Gasteiger partial charge in [0.1, 0.15) is 11.8 Å². The number of methoxy groups -OCH3 is 1. The van der Waals surface area contributed by atoms with Crippen LogP contribution in [0.25, 0.3) is 0 Å². The van der Waals surface area contributed by atoms with Gasteiger partial charge in [-0.3, -0.25) is 14.5 Å². The number of hydrogen-bond donors (Lipinski definition) is 2. The zero-order valence-electron chi connectivity index (χ0n) is 14.5. The summed E-state index contributed by atoms with van der Waals surface area (Å²) >= 11 is 0. The number of likely N-dealkylation sites (tertiary alicyclic amines) is 1. The lowest BCUT2D eigenvalue weighted by Crippen LogP contribution is -2.44. The molecule has 6 heteroatoms. The van der Waals surface area contributed by atoms with Gasteiger partial charge in [-0.15, -0.1) is 0 Å². The molecule has 2 rings (SSSR count). The topological polar surface area (TPSA) is 78.9 Å². The van der Waals surface area contributed by atoms with Gasteiger partial charge in [-0.05, 0) is 43.0 Å². The summed E-state index contributed by atoms with van der Waals surface area (Å²) in [5.41, 5.74) is 1.01. The van der Waals surface area contributed by atoms with Gasteiger partial charge in [-0.1, -0.05) is 26.0 Å². The van der Waals surface area contributed by atoms with Crippen LogP contribution in [-0.4, -0.2) is 48.1 Å². The molecule has 0 bridgehead atoms. The number of aliphatic carboxylic acids is 1. The van der Waals surface area contributed by atoms with Crippen molar-refractivity contribution in [3.8, 4) is 5.75 Å². The Morgan fingerprint density at radius 3 is 2.54 bits per heavy atom. The Kier molecular flexibility index (Phi) is 6.20. The SMILES string of the molecule is COc1ccc(C(NC(=O)CN2CCC[C@@H]2C(=O)O)C(C)C)cc1. The van der Waals surface area contributed by atoms with E-state index in [-0.39, 0.29) is 24.4 Å². The molecule has 0 spiro atoms. The summed E-state index contributed by atoms with van der Waals surface area (Å²) in [7, 11) is 1.62. The molecule has 1 heterocycles. The van der Waals surface area contributed by atoms with Gasteiger partial charge in [0, 0.05) is 0 Å². The van der Waals surface area contributed by atoms with Crippen molar-refractivity contribution >= 4 is 11.9 Å². The maximum absolute atomic E-state index is 12.4. The number of amides is 1. The number of ether oxygens (including phenoxy) is 1. The summed E-state index contributed by atoms with van der Waals surface area (Å²) in [6.45, 7) is 4.87. The fraction of sp³-hybridized carbons (Fsp3) is 0.556. The van der Waals surface area contributed by atoms with Crippen LogP contribution >= 0.6 is 0 Å². The molecule has 1 aliphatic rings. The smallest absolute Gasteiger partial charge is 0.320 e. The quantitative estimate of drug-likeness (QED) is 0.798. The van der Waals surface area contributed by atoms with E-state index in [2.05, 4.69) is 5.32 Å². The molecule has 1 unspecified atom stereocenters. The summed E-state index contributed by atoms with van der Waals surface area (Å²) in [5.74, 6) is -0.00123. The van der Waals surface area contributed by atoms with Crippen LogP contribution in [0.2, 0.25) is 0 Å². The maximum Gasteiger partial charge on any atom is 0.320 e. The first-order valence-corrected chi connectivity index (χ1v) is 8.32. The molecule has 132 valence electrons. The number of carboxylic acid groups (broad SMARTS) is 1. The molecule has 1 aliphatic heterocycles. The molecule has 0 aromatic heterocycles. The number of carbonyl (C=O) groups excluding carboxylic acids is 1. The fourth-order valence-corrected chi connectivity index (χ4v) is 3.14. The van der Waals surface area contributed by atoms with Gasteiger partial charge in [-0.25, -0.2) is 0 Å². The fourth-order valence-electron chi connectivity index (χ4n) is 3.14. The highest BCUT2D eigenvalue weighted by atomic mass is 16.5. The third-order valence-electron chi connectivity index (χ3n) is 4.45. The average Bonchev–Trinajstić information content (AvgIpc) is 3.01.